The Morgan fingerprint density at radius 3 is 1.18 bits per heavy atom. The van der Waals surface area contributed by atoms with Gasteiger partial charge in [-0.1, -0.05) is 78.1 Å². The lowest BCUT2D eigenvalue weighted by Gasteiger charge is -2.20. The van der Waals surface area contributed by atoms with Crippen LogP contribution in [0.1, 0.15) is 104 Å². The van der Waals surface area contributed by atoms with Crippen LogP contribution < -0.4 is 0 Å². The van der Waals surface area contributed by atoms with Gasteiger partial charge in [-0.2, -0.15) is 26.3 Å². The molecule has 0 spiro atoms. The molecule has 0 fully saturated rings. The maximum absolute atomic E-state index is 13.1. The zero-order chi connectivity index (χ0) is 26.0. The monoisotopic (exact) mass is 504 g/mol. The van der Waals surface area contributed by atoms with E-state index in [-0.39, 0.29) is 12.8 Å². The number of rotatable bonds is 18. The molecule has 0 aliphatic heterocycles. The van der Waals surface area contributed by atoms with Gasteiger partial charge < -0.3 is 9.47 Å². The predicted octanol–water partition coefficient (Wildman–Crippen LogP) is 7.99. The Labute approximate surface area is 198 Å². The number of carbonyl (C=O) groups excluding carboxylic acids is 2. The molecule has 2 atom stereocenters. The summed E-state index contributed by atoms with van der Waals surface area (Å²) in [4.78, 5) is 23.4. The van der Waals surface area contributed by atoms with E-state index in [1.54, 1.807) is 0 Å². The lowest BCUT2D eigenvalue weighted by atomic mass is 10.1. The van der Waals surface area contributed by atoms with E-state index < -0.39 is 49.3 Å². The summed E-state index contributed by atoms with van der Waals surface area (Å²) >= 11 is 0. The van der Waals surface area contributed by atoms with E-state index in [0.717, 1.165) is 51.4 Å². The molecule has 34 heavy (non-hydrogen) atoms. The Morgan fingerprint density at radius 1 is 0.588 bits per heavy atom. The first-order valence-electron chi connectivity index (χ1n) is 12.1. The van der Waals surface area contributed by atoms with E-state index in [9.17, 15) is 35.9 Å². The van der Waals surface area contributed by atoms with Crippen LogP contribution in [0.2, 0.25) is 0 Å². The van der Waals surface area contributed by atoms with Crippen molar-refractivity contribution in [1.82, 2.24) is 0 Å². The summed E-state index contributed by atoms with van der Waals surface area (Å²) in [6, 6.07) is 0. The zero-order valence-corrected chi connectivity index (χ0v) is 20.1. The van der Waals surface area contributed by atoms with Gasteiger partial charge in [-0.05, 0) is 25.7 Å². The highest BCUT2D eigenvalue weighted by Crippen LogP contribution is 2.29. The second-order valence-corrected chi connectivity index (χ2v) is 8.38. The van der Waals surface area contributed by atoms with Crippen LogP contribution in [0.5, 0.6) is 0 Å². The van der Waals surface area contributed by atoms with Crippen molar-refractivity contribution in [3.05, 3.63) is 12.2 Å². The fourth-order valence-corrected chi connectivity index (χ4v) is 3.29. The molecule has 0 saturated heterocycles. The van der Waals surface area contributed by atoms with Gasteiger partial charge in [-0.15, -0.1) is 0 Å². The molecule has 4 nitrogen and oxygen atoms in total. The van der Waals surface area contributed by atoms with Crippen LogP contribution in [-0.2, 0) is 19.1 Å². The molecule has 0 N–H and O–H groups in total. The minimum Gasteiger partial charge on any atom is -0.450 e. The summed E-state index contributed by atoms with van der Waals surface area (Å²) in [5.41, 5.74) is 0. The third-order valence-electron chi connectivity index (χ3n) is 5.24. The molecule has 0 saturated carbocycles. The second kappa shape index (κ2) is 17.7. The number of ether oxygens (including phenoxy) is 2. The zero-order valence-electron chi connectivity index (χ0n) is 20.1. The lowest BCUT2D eigenvalue weighted by molar-refractivity contribution is -0.221. The molecular weight excluding hydrogens is 466 g/mol. The highest BCUT2D eigenvalue weighted by Gasteiger charge is 2.43. The first-order chi connectivity index (χ1) is 15.9. The van der Waals surface area contributed by atoms with E-state index >= 15 is 0 Å². The topological polar surface area (TPSA) is 52.6 Å². The first kappa shape index (κ1) is 32.3. The molecule has 0 heterocycles. The van der Waals surface area contributed by atoms with Crippen LogP contribution in [0.3, 0.4) is 0 Å². The van der Waals surface area contributed by atoms with Crippen molar-refractivity contribution in [3.8, 4) is 0 Å². The van der Waals surface area contributed by atoms with E-state index in [4.69, 9.17) is 0 Å². The van der Waals surface area contributed by atoms with Gasteiger partial charge in [0.05, 0.1) is 0 Å². The summed E-state index contributed by atoms with van der Waals surface area (Å²) in [7, 11) is 0. The van der Waals surface area contributed by atoms with Gasteiger partial charge in [-0.3, -0.25) is 0 Å². The van der Waals surface area contributed by atoms with E-state index in [1.165, 1.54) is 0 Å². The average Bonchev–Trinajstić information content (AvgIpc) is 2.73. The number of halogens is 6. The molecule has 0 radical (unpaired) electrons. The van der Waals surface area contributed by atoms with Crippen molar-refractivity contribution in [3.63, 3.8) is 0 Å². The number of unbranched alkanes of at least 4 members (excludes halogenated alkanes) is 10. The number of hydrogen-bond donors (Lipinski definition) is 0. The second-order valence-electron chi connectivity index (χ2n) is 8.38. The Bertz CT molecular complexity index is 537. The molecule has 0 bridgehead atoms. The quantitative estimate of drug-likeness (QED) is 0.0822. The largest absolute Gasteiger partial charge is 0.450 e. The molecule has 0 aromatic carbocycles. The highest BCUT2D eigenvalue weighted by molar-refractivity contribution is 5.91. The fraction of sp³-hybridized carbons (Fsp3) is 0.833. The van der Waals surface area contributed by atoms with Crippen molar-refractivity contribution in [2.75, 3.05) is 0 Å². The van der Waals surface area contributed by atoms with Gasteiger partial charge in [0.15, 0.2) is 12.2 Å². The minimum absolute atomic E-state index is 0.207. The smallest absolute Gasteiger partial charge is 0.425 e. The molecule has 0 aromatic heterocycles. The summed E-state index contributed by atoms with van der Waals surface area (Å²) in [5.74, 6) is -2.94. The number of esters is 2. The van der Waals surface area contributed by atoms with Crippen LogP contribution >= 0.6 is 0 Å². The standard InChI is InChI=1S/C24H38F6O4/c1-3-5-7-9-11-13-15-19(23(25,26)27)33-21(31)17-18-22(32)34-20(24(28,29)30)16-14-12-10-8-6-4-2/h17-20H,3-16H2,1-2H3/b18-17+. The van der Waals surface area contributed by atoms with Crippen LogP contribution in [0.4, 0.5) is 26.3 Å². The van der Waals surface area contributed by atoms with Crippen molar-refractivity contribution < 1.29 is 45.4 Å². The Balaban J connectivity index is 4.64. The number of carbonyl (C=O) groups is 2. The number of alkyl halides is 6. The third-order valence-corrected chi connectivity index (χ3v) is 5.24. The van der Waals surface area contributed by atoms with E-state index in [0.29, 0.717) is 25.0 Å². The molecule has 0 aromatic rings. The van der Waals surface area contributed by atoms with Crippen LogP contribution in [-0.4, -0.2) is 36.5 Å². The van der Waals surface area contributed by atoms with Crippen LogP contribution in [0, 0.1) is 0 Å². The van der Waals surface area contributed by atoms with Crippen molar-refractivity contribution >= 4 is 11.9 Å². The SMILES string of the molecule is CCCCCCCCC(OC(=O)/C=C/C(=O)OC(CCCCCCCC)C(F)(F)F)C(F)(F)F. The first-order valence-corrected chi connectivity index (χ1v) is 12.1. The van der Waals surface area contributed by atoms with Crippen molar-refractivity contribution in [1.29, 1.82) is 0 Å². The van der Waals surface area contributed by atoms with E-state index in [2.05, 4.69) is 9.47 Å². The van der Waals surface area contributed by atoms with Gasteiger partial charge in [-0.25, -0.2) is 9.59 Å². The van der Waals surface area contributed by atoms with Crippen molar-refractivity contribution in [2.45, 2.75) is 128 Å². The maximum Gasteiger partial charge on any atom is 0.425 e. The maximum atomic E-state index is 13.1. The Hall–Kier alpha value is -1.74. The van der Waals surface area contributed by atoms with E-state index in [1.807, 2.05) is 13.8 Å². The Morgan fingerprint density at radius 2 is 0.882 bits per heavy atom. The van der Waals surface area contributed by atoms with Gasteiger partial charge in [0.2, 0.25) is 0 Å². The summed E-state index contributed by atoms with van der Waals surface area (Å²) in [6.07, 6.45) is -5.49. The summed E-state index contributed by atoms with van der Waals surface area (Å²) in [6.45, 7) is 4.03. The summed E-state index contributed by atoms with van der Waals surface area (Å²) in [5, 5.41) is 0. The molecular formula is C24H38F6O4. The molecule has 0 rings (SSSR count). The molecule has 200 valence electrons. The summed E-state index contributed by atoms with van der Waals surface area (Å²) < 4.78 is 87.5. The fourth-order valence-electron chi connectivity index (χ4n) is 3.29. The van der Waals surface area contributed by atoms with Gasteiger partial charge in [0.1, 0.15) is 0 Å². The lowest BCUT2D eigenvalue weighted by Crippen LogP contribution is -2.34. The third kappa shape index (κ3) is 16.8. The molecule has 2 unspecified atom stereocenters. The van der Waals surface area contributed by atoms with Crippen molar-refractivity contribution in [2.24, 2.45) is 0 Å². The molecule has 0 amide bonds. The molecule has 0 aliphatic carbocycles. The average molecular weight is 505 g/mol. The van der Waals surface area contributed by atoms with Gasteiger partial charge >= 0.3 is 24.3 Å². The van der Waals surface area contributed by atoms with Gasteiger partial charge in [0.25, 0.3) is 0 Å². The van der Waals surface area contributed by atoms with Crippen LogP contribution in [0.25, 0.3) is 0 Å². The molecule has 10 heteroatoms. The highest BCUT2D eigenvalue weighted by atomic mass is 19.4. The Kier molecular flexibility index (Phi) is 16.8. The number of hydrogen-bond acceptors (Lipinski definition) is 4. The van der Waals surface area contributed by atoms with Crippen LogP contribution in [0.15, 0.2) is 12.2 Å². The molecule has 0 aliphatic rings. The van der Waals surface area contributed by atoms with Gasteiger partial charge in [0, 0.05) is 12.2 Å². The minimum atomic E-state index is -4.79. The predicted molar refractivity (Wildman–Crippen MR) is 117 cm³/mol. The normalized spacial score (nSPS) is 14.2.